The average Bonchev–Trinajstić information content (AvgIpc) is 2.95. The van der Waals surface area contributed by atoms with Crippen LogP contribution in [0.15, 0.2) is 53.5 Å². The van der Waals surface area contributed by atoms with E-state index in [1.807, 2.05) is 0 Å². The second-order valence-electron chi connectivity index (χ2n) is 10.4. The van der Waals surface area contributed by atoms with Crippen molar-refractivity contribution in [3.8, 4) is 5.75 Å². The van der Waals surface area contributed by atoms with Crippen LogP contribution in [0.2, 0.25) is 0 Å². The van der Waals surface area contributed by atoms with E-state index in [2.05, 4.69) is 9.89 Å². The van der Waals surface area contributed by atoms with E-state index in [0.29, 0.717) is 47.4 Å². The van der Waals surface area contributed by atoms with Gasteiger partial charge in [-0.1, -0.05) is 30.4 Å². The maximum absolute atomic E-state index is 14.2. The van der Waals surface area contributed by atoms with Crippen molar-refractivity contribution in [2.24, 2.45) is 10.7 Å². The summed E-state index contributed by atoms with van der Waals surface area (Å²) >= 11 is 0. The fraction of sp³-hybridized carbons (Fsp3) is 0.414. The highest BCUT2D eigenvalue weighted by molar-refractivity contribution is 7.93. The number of aliphatic carboxylic acids is 1. The molecule has 0 spiro atoms. The van der Waals surface area contributed by atoms with E-state index in [-0.39, 0.29) is 11.5 Å². The standard InChI is InChI=1S/C29H34F3N5O5S/c30-29(31,32)24-18-22(9-10-25(24)42-23-11-15-36(16-12-23)26-8-1-2-13-35-26)37(43(40,41)19-27(38)39)14-4-6-20-5-3-7-21(17-20)28(33)34/h3-7,9-10,17-18,23H,1-2,8,11-16,19H2,(H3,33,34)(H,38,39)/b6-4+. The first-order chi connectivity index (χ1) is 20.3. The molecule has 1 fully saturated rings. The molecule has 2 heterocycles. The van der Waals surface area contributed by atoms with Crippen LogP contribution in [0, 0.1) is 5.41 Å². The number of carboxylic acid groups (broad SMARTS) is 1. The summed E-state index contributed by atoms with van der Waals surface area (Å²) in [5.41, 5.74) is 4.98. The number of amidine groups is 2. The summed E-state index contributed by atoms with van der Waals surface area (Å²) in [6.07, 6.45) is 1.58. The van der Waals surface area contributed by atoms with Crippen molar-refractivity contribution >= 4 is 39.4 Å². The lowest BCUT2D eigenvalue weighted by molar-refractivity contribution is -0.139. The lowest BCUT2D eigenvalue weighted by Crippen LogP contribution is -2.42. The summed E-state index contributed by atoms with van der Waals surface area (Å²) < 4.78 is 75.1. The molecule has 14 heteroatoms. The normalized spacial score (nSPS) is 16.6. The number of benzene rings is 2. The molecular weight excluding hydrogens is 587 g/mol. The first-order valence-electron chi connectivity index (χ1n) is 13.8. The molecule has 0 unspecified atom stereocenters. The largest absolute Gasteiger partial charge is 0.490 e. The molecule has 43 heavy (non-hydrogen) atoms. The van der Waals surface area contributed by atoms with E-state index in [1.165, 1.54) is 18.2 Å². The first kappa shape index (κ1) is 31.9. The van der Waals surface area contributed by atoms with E-state index in [9.17, 15) is 31.5 Å². The number of piperidine rings is 1. The summed E-state index contributed by atoms with van der Waals surface area (Å²) in [5.74, 6) is -2.52. The van der Waals surface area contributed by atoms with Crippen LogP contribution in [0.25, 0.3) is 6.08 Å². The lowest BCUT2D eigenvalue weighted by atomic mass is 10.0. The maximum Gasteiger partial charge on any atom is 0.420 e. The number of nitrogens with one attached hydrogen (secondary N) is 1. The average molecular weight is 622 g/mol. The Balaban J connectivity index is 1.57. The van der Waals surface area contributed by atoms with Crippen LogP contribution in [-0.2, 0) is 21.0 Å². The van der Waals surface area contributed by atoms with Gasteiger partial charge in [-0.2, -0.15) is 13.2 Å². The minimum Gasteiger partial charge on any atom is -0.490 e. The van der Waals surface area contributed by atoms with Crippen LogP contribution >= 0.6 is 0 Å². The van der Waals surface area contributed by atoms with Gasteiger partial charge in [0.1, 0.15) is 17.7 Å². The van der Waals surface area contributed by atoms with Gasteiger partial charge in [-0.15, -0.1) is 0 Å². The van der Waals surface area contributed by atoms with Gasteiger partial charge < -0.3 is 20.5 Å². The Bertz CT molecular complexity index is 1500. The van der Waals surface area contributed by atoms with Crippen LogP contribution in [0.1, 0.15) is 48.8 Å². The molecule has 0 aliphatic carbocycles. The molecule has 2 aliphatic rings. The molecule has 1 saturated heterocycles. The number of rotatable bonds is 10. The monoisotopic (exact) mass is 621 g/mol. The van der Waals surface area contributed by atoms with E-state index in [0.717, 1.165) is 37.7 Å². The van der Waals surface area contributed by atoms with Crippen molar-refractivity contribution in [3.05, 3.63) is 65.2 Å². The molecular formula is C29H34F3N5O5S. The van der Waals surface area contributed by atoms with Gasteiger partial charge >= 0.3 is 12.1 Å². The third-order valence-corrected chi connectivity index (χ3v) is 8.82. The van der Waals surface area contributed by atoms with Crippen LogP contribution in [-0.4, -0.2) is 74.1 Å². The Morgan fingerprint density at radius 3 is 2.56 bits per heavy atom. The first-order valence-corrected chi connectivity index (χ1v) is 15.4. The van der Waals surface area contributed by atoms with Gasteiger partial charge in [0.15, 0.2) is 5.75 Å². The predicted octanol–water partition coefficient (Wildman–Crippen LogP) is 4.35. The van der Waals surface area contributed by atoms with Gasteiger partial charge in [0.2, 0.25) is 10.0 Å². The number of hydrogen-bond acceptors (Lipinski definition) is 7. The molecule has 2 aromatic rings. The highest BCUT2D eigenvalue weighted by Crippen LogP contribution is 2.40. The molecule has 0 aromatic heterocycles. The zero-order chi connectivity index (χ0) is 31.2. The number of hydrogen-bond donors (Lipinski definition) is 3. The number of anilines is 1. The van der Waals surface area contributed by atoms with E-state index in [1.54, 1.807) is 24.3 Å². The highest BCUT2D eigenvalue weighted by Gasteiger charge is 2.37. The third kappa shape index (κ3) is 8.49. The van der Waals surface area contributed by atoms with Crippen LogP contribution < -0.4 is 14.8 Å². The molecule has 2 aliphatic heterocycles. The van der Waals surface area contributed by atoms with Gasteiger partial charge in [-0.25, -0.2) is 8.42 Å². The van der Waals surface area contributed by atoms with Crippen LogP contribution in [0.4, 0.5) is 18.9 Å². The Morgan fingerprint density at radius 1 is 1.19 bits per heavy atom. The number of alkyl halides is 3. The minimum atomic E-state index is -4.87. The highest BCUT2D eigenvalue weighted by atomic mass is 32.2. The van der Waals surface area contributed by atoms with Gasteiger partial charge in [0, 0.05) is 44.5 Å². The van der Waals surface area contributed by atoms with Crippen molar-refractivity contribution in [2.45, 2.75) is 44.4 Å². The van der Waals surface area contributed by atoms with Crippen molar-refractivity contribution in [1.82, 2.24) is 4.90 Å². The van der Waals surface area contributed by atoms with E-state index < -0.39 is 51.9 Å². The van der Waals surface area contributed by atoms with Gasteiger partial charge in [-0.05, 0) is 42.7 Å². The fourth-order valence-electron chi connectivity index (χ4n) is 5.06. The van der Waals surface area contributed by atoms with E-state index >= 15 is 0 Å². The molecule has 10 nitrogen and oxygen atoms in total. The number of nitrogen functional groups attached to an aromatic ring is 1. The molecule has 2 aromatic carbocycles. The Morgan fingerprint density at radius 2 is 1.93 bits per heavy atom. The second-order valence-corrected chi connectivity index (χ2v) is 12.3. The number of carboxylic acids is 1. The molecule has 0 bridgehead atoms. The Labute approximate surface area is 248 Å². The van der Waals surface area contributed by atoms with Gasteiger partial charge in [0.05, 0.1) is 23.6 Å². The van der Waals surface area contributed by atoms with Crippen LogP contribution in [0.3, 0.4) is 0 Å². The van der Waals surface area contributed by atoms with Crippen molar-refractivity contribution in [3.63, 3.8) is 0 Å². The van der Waals surface area contributed by atoms with Gasteiger partial charge in [0.25, 0.3) is 0 Å². The van der Waals surface area contributed by atoms with E-state index in [4.69, 9.17) is 15.9 Å². The number of sulfonamides is 1. The quantitative estimate of drug-likeness (QED) is 0.264. The van der Waals surface area contributed by atoms with Crippen molar-refractivity contribution in [1.29, 1.82) is 5.41 Å². The van der Waals surface area contributed by atoms with Crippen molar-refractivity contribution < 1.29 is 36.2 Å². The van der Waals surface area contributed by atoms with Crippen LogP contribution in [0.5, 0.6) is 5.75 Å². The number of aliphatic imine (C=N–C) groups is 1. The summed E-state index contributed by atoms with van der Waals surface area (Å²) in [6.45, 7) is 1.58. The second kappa shape index (κ2) is 13.5. The topological polar surface area (TPSA) is 149 Å². The SMILES string of the molecule is N=C(N)c1cccc(/C=C/CN(c2ccc(OC3CCN(C4=NCCCC4)CC3)c(C(F)(F)F)c2)S(=O)(=O)CC(=O)O)c1. The lowest BCUT2D eigenvalue weighted by Gasteiger charge is -2.35. The third-order valence-electron chi connectivity index (χ3n) is 7.18. The molecule has 232 valence electrons. The smallest absolute Gasteiger partial charge is 0.420 e. The summed E-state index contributed by atoms with van der Waals surface area (Å²) in [5, 5.41) is 16.7. The minimum absolute atomic E-state index is 0.174. The molecule has 0 amide bonds. The Hall–Kier alpha value is -4.07. The zero-order valence-corrected chi connectivity index (χ0v) is 24.2. The van der Waals surface area contributed by atoms with Crippen molar-refractivity contribution in [2.75, 3.05) is 36.2 Å². The zero-order valence-electron chi connectivity index (χ0n) is 23.4. The Kier molecular flexibility index (Phi) is 9.99. The fourth-order valence-corrected chi connectivity index (χ4v) is 6.27. The molecule has 0 saturated carbocycles. The summed E-state index contributed by atoms with van der Waals surface area (Å²) in [6, 6.07) is 9.43. The summed E-state index contributed by atoms with van der Waals surface area (Å²) in [4.78, 5) is 18.0. The van der Waals surface area contributed by atoms with Gasteiger partial charge in [-0.3, -0.25) is 19.5 Å². The number of likely N-dealkylation sites (tertiary alicyclic amines) is 1. The maximum atomic E-state index is 14.2. The molecule has 4 rings (SSSR count). The number of halogens is 3. The number of ether oxygens (including phenoxy) is 1. The number of nitrogens with zero attached hydrogens (tertiary/aromatic N) is 3. The molecule has 0 atom stereocenters. The number of carbonyl (C=O) groups is 1. The molecule has 4 N–H and O–H groups in total. The predicted molar refractivity (Wildman–Crippen MR) is 158 cm³/mol. The summed E-state index contributed by atoms with van der Waals surface area (Å²) in [7, 11) is -4.57. The molecule has 0 radical (unpaired) electrons. The number of nitrogens with two attached hydrogens (primary N) is 1.